The summed E-state index contributed by atoms with van der Waals surface area (Å²) in [6.07, 6.45) is 13.4. The van der Waals surface area contributed by atoms with Crippen molar-refractivity contribution in [3.63, 3.8) is 0 Å². The van der Waals surface area contributed by atoms with Gasteiger partial charge >= 0.3 is 0 Å². The molecule has 2 aromatic carbocycles. The highest BCUT2D eigenvalue weighted by Crippen LogP contribution is 2.42. The number of nitrogens with zero attached hydrogens (tertiary/aromatic N) is 4. The van der Waals surface area contributed by atoms with Gasteiger partial charge < -0.3 is 9.13 Å². The molecule has 0 bridgehead atoms. The summed E-state index contributed by atoms with van der Waals surface area (Å²) in [5, 5.41) is 2.96. The first-order valence-electron chi connectivity index (χ1n) is 14.2. The molecule has 7 nitrogen and oxygen atoms in total. The Hall–Kier alpha value is -2.28. The summed E-state index contributed by atoms with van der Waals surface area (Å²) in [6, 6.07) is 8.91. The molecule has 2 aromatic heterocycles. The molecule has 11 heteroatoms. The van der Waals surface area contributed by atoms with Gasteiger partial charge in [-0.15, -0.1) is 0 Å². The topological polar surface area (TPSA) is 61.9 Å². The number of hydrogen-bond donors (Lipinski definition) is 0. The third-order valence-electron chi connectivity index (χ3n) is 8.59. The van der Waals surface area contributed by atoms with E-state index in [1.165, 1.54) is 24.8 Å². The zero-order chi connectivity index (χ0) is 31.1. The molecule has 0 amide bonds. The Morgan fingerprint density at radius 3 is 1.77 bits per heavy atom. The summed E-state index contributed by atoms with van der Waals surface area (Å²) in [4.78, 5) is 7.16. The SMILES string of the molecule is [C-]#[N+]c1cc2c(Br)cn([C@@H]3CC[C@@H](SC)C3)c2cc1C.[C-]#[N+]c1cc2c(Br)cn([C@@H]3CC[C@H](OS(C)(=O)=O)C3)c2cc1C. The molecular formula is C32H34Br2N4O3S2. The monoisotopic (exact) mass is 744 g/mol. The predicted octanol–water partition coefficient (Wildman–Crippen LogP) is 10.1. The normalized spacial score (nSPS) is 22.0. The lowest BCUT2D eigenvalue weighted by atomic mass is 10.1. The first-order valence-corrected chi connectivity index (χ1v) is 18.9. The number of fused-ring (bicyclic) bond motifs is 2. The van der Waals surface area contributed by atoms with E-state index in [0.717, 1.165) is 66.4 Å². The maximum atomic E-state index is 11.3. The van der Waals surface area contributed by atoms with Crippen molar-refractivity contribution in [3.8, 4) is 0 Å². The van der Waals surface area contributed by atoms with Gasteiger partial charge in [-0.2, -0.15) is 20.2 Å². The zero-order valence-corrected chi connectivity index (χ0v) is 29.4. The van der Waals surface area contributed by atoms with Crippen LogP contribution in [-0.4, -0.2) is 41.4 Å². The van der Waals surface area contributed by atoms with Crippen molar-refractivity contribution in [3.05, 3.63) is 79.6 Å². The number of aryl methyl sites for hydroxylation is 2. The fourth-order valence-electron chi connectivity index (χ4n) is 6.43. The van der Waals surface area contributed by atoms with Crippen molar-refractivity contribution >= 4 is 86.9 Å². The fourth-order valence-corrected chi connectivity index (χ4v) is 8.96. The Balaban J connectivity index is 0.000000173. The van der Waals surface area contributed by atoms with Crippen LogP contribution in [0, 0.1) is 27.0 Å². The summed E-state index contributed by atoms with van der Waals surface area (Å²) < 4.78 is 34.4. The summed E-state index contributed by atoms with van der Waals surface area (Å²) in [5.41, 5.74) is 5.74. The number of aromatic nitrogens is 2. The van der Waals surface area contributed by atoms with Gasteiger partial charge in [0.05, 0.1) is 25.5 Å². The van der Waals surface area contributed by atoms with E-state index in [1.54, 1.807) is 0 Å². The van der Waals surface area contributed by atoms with Crippen molar-refractivity contribution in [2.75, 3.05) is 12.5 Å². The average molecular weight is 747 g/mol. The van der Waals surface area contributed by atoms with E-state index in [4.69, 9.17) is 17.3 Å². The van der Waals surface area contributed by atoms with Crippen LogP contribution in [0.4, 0.5) is 11.4 Å². The summed E-state index contributed by atoms with van der Waals surface area (Å²) in [6.45, 7) is 18.5. The molecule has 2 aliphatic carbocycles. The van der Waals surface area contributed by atoms with Gasteiger partial charge in [-0.3, -0.25) is 4.18 Å². The van der Waals surface area contributed by atoms with Crippen LogP contribution in [0.3, 0.4) is 0 Å². The molecule has 2 aliphatic rings. The highest BCUT2D eigenvalue weighted by molar-refractivity contribution is 9.11. The number of halogens is 2. The first-order chi connectivity index (χ1) is 20.4. The molecule has 0 spiro atoms. The molecule has 0 aliphatic heterocycles. The van der Waals surface area contributed by atoms with Crippen LogP contribution in [-0.2, 0) is 14.3 Å². The molecule has 43 heavy (non-hydrogen) atoms. The minimum absolute atomic E-state index is 0.203. The zero-order valence-electron chi connectivity index (χ0n) is 24.6. The van der Waals surface area contributed by atoms with Crippen LogP contribution in [0.5, 0.6) is 0 Å². The fraction of sp³-hybridized carbons (Fsp3) is 0.438. The van der Waals surface area contributed by atoms with Crippen LogP contribution in [0.15, 0.2) is 45.6 Å². The number of benzene rings is 2. The largest absolute Gasteiger partial charge is 0.343 e. The Morgan fingerprint density at radius 1 is 0.837 bits per heavy atom. The van der Waals surface area contributed by atoms with E-state index in [-0.39, 0.29) is 12.1 Å². The number of rotatable bonds is 5. The van der Waals surface area contributed by atoms with Gasteiger partial charge in [0.25, 0.3) is 10.1 Å². The molecule has 226 valence electrons. The van der Waals surface area contributed by atoms with E-state index < -0.39 is 10.1 Å². The van der Waals surface area contributed by atoms with Crippen LogP contribution in [0.2, 0.25) is 0 Å². The predicted molar refractivity (Wildman–Crippen MR) is 184 cm³/mol. The van der Waals surface area contributed by atoms with Gasteiger partial charge in [-0.25, -0.2) is 9.69 Å². The van der Waals surface area contributed by atoms with Gasteiger partial charge in [0.2, 0.25) is 0 Å². The summed E-state index contributed by atoms with van der Waals surface area (Å²) in [5.74, 6) is 0. The van der Waals surface area contributed by atoms with Gasteiger partial charge in [0.15, 0.2) is 11.4 Å². The third-order valence-corrected chi connectivity index (χ3v) is 11.6. The quantitative estimate of drug-likeness (QED) is 0.151. The second kappa shape index (κ2) is 13.0. The lowest BCUT2D eigenvalue weighted by Crippen LogP contribution is -2.15. The molecule has 4 aromatic rings. The van der Waals surface area contributed by atoms with Crippen LogP contribution >= 0.6 is 43.6 Å². The van der Waals surface area contributed by atoms with Gasteiger partial charge in [0, 0.05) is 60.5 Å². The molecule has 4 atom stereocenters. The van der Waals surface area contributed by atoms with Crippen molar-refractivity contribution in [2.45, 2.75) is 75.8 Å². The molecule has 0 unspecified atom stereocenters. The molecular weight excluding hydrogens is 712 g/mol. The molecule has 2 heterocycles. The van der Waals surface area contributed by atoms with Gasteiger partial charge in [0.1, 0.15) is 0 Å². The minimum atomic E-state index is -3.42. The highest BCUT2D eigenvalue weighted by Gasteiger charge is 2.30. The maximum absolute atomic E-state index is 11.3. The average Bonchev–Trinajstić information content (AvgIpc) is 3.74. The van der Waals surface area contributed by atoms with Crippen molar-refractivity contribution in [1.82, 2.24) is 9.13 Å². The van der Waals surface area contributed by atoms with Crippen molar-refractivity contribution < 1.29 is 12.6 Å². The van der Waals surface area contributed by atoms with Crippen molar-refractivity contribution in [2.24, 2.45) is 0 Å². The van der Waals surface area contributed by atoms with Gasteiger partial charge in [-0.05, 0) is 126 Å². The van der Waals surface area contributed by atoms with E-state index in [9.17, 15) is 8.42 Å². The van der Waals surface area contributed by atoms with Crippen LogP contribution < -0.4 is 0 Å². The van der Waals surface area contributed by atoms with E-state index >= 15 is 0 Å². The molecule has 6 rings (SSSR count). The Labute approximate surface area is 275 Å². The summed E-state index contributed by atoms with van der Waals surface area (Å²) in [7, 11) is -3.42. The second-order valence-corrected chi connectivity index (χ2v) is 16.0. The van der Waals surface area contributed by atoms with E-state index in [2.05, 4.69) is 69.2 Å². The van der Waals surface area contributed by atoms with E-state index in [0.29, 0.717) is 18.2 Å². The number of thioether (sulfide) groups is 1. The lowest BCUT2D eigenvalue weighted by molar-refractivity contribution is 0.214. The molecule has 2 fully saturated rings. The highest BCUT2D eigenvalue weighted by atomic mass is 79.9. The first kappa shape index (κ1) is 32.1. The molecule has 2 saturated carbocycles. The third kappa shape index (κ3) is 6.87. The van der Waals surface area contributed by atoms with Crippen LogP contribution in [0.1, 0.15) is 61.7 Å². The standard InChI is InChI=1S/C16H17BrN2O3S.C16H17BrN2S/c1-10-6-16-13(8-15(10)18-2)14(17)9-19(16)11-4-5-12(7-11)22-23(3,20)21;1-10-6-16-13(8-15(10)18-2)14(17)9-19(16)11-4-5-12(7-11)20-3/h6,8-9,11-12H,4-5,7H2,1,3H3;6,8-9,11-12H,4-5,7H2,1,3H3/t11-,12+;11-,12-/m11/s1. The Bertz CT molecular complexity index is 1880. The Kier molecular flexibility index (Phi) is 9.70. The molecule has 0 saturated heterocycles. The van der Waals surface area contributed by atoms with Gasteiger partial charge in [-0.1, -0.05) is 0 Å². The Morgan fingerprint density at radius 2 is 1.33 bits per heavy atom. The van der Waals surface area contributed by atoms with E-state index in [1.807, 2.05) is 50.0 Å². The van der Waals surface area contributed by atoms with Crippen LogP contribution in [0.25, 0.3) is 31.5 Å². The van der Waals surface area contributed by atoms with Crippen molar-refractivity contribution in [1.29, 1.82) is 0 Å². The number of hydrogen-bond acceptors (Lipinski definition) is 4. The maximum Gasteiger partial charge on any atom is 0.264 e. The second-order valence-electron chi connectivity index (χ2n) is 11.5. The minimum Gasteiger partial charge on any atom is -0.343 e. The smallest absolute Gasteiger partial charge is 0.264 e. The molecule has 0 radical (unpaired) electrons. The molecule has 0 N–H and O–H groups in total. The lowest BCUT2D eigenvalue weighted by Gasteiger charge is -2.15. The summed E-state index contributed by atoms with van der Waals surface area (Å²) >= 11 is 9.21.